The molecule has 0 saturated carbocycles. The van der Waals surface area contributed by atoms with Crippen LogP contribution in [0.25, 0.3) is 0 Å². The van der Waals surface area contributed by atoms with Crippen molar-refractivity contribution in [3.8, 4) is 0 Å². The molecule has 0 saturated heterocycles. The maximum atomic E-state index is 11.5. The van der Waals surface area contributed by atoms with Gasteiger partial charge in [-0.3, -0.25) is 4.79 Å². The van der Waals surface area contributed by atoms with Gasteiger partial charge < -0.3 is 20.5 Å². The molecule has 19 heavy (non-hydrogen) atoms. The maximum Gasteiger partial charge on any atom is 0.314 e. The summed E-state index contributed by atoms with van der Waals surface area (Å²) in [7, 11) is 1.61. The number of ether oxygens (including phenoxy) is 1. The Morgan fingerprint density at radius 2 is 1.74 bits per heavy atom. The Hall–Kier alpha value is -1.30. The average molecular weight is 274 g/mol. The Morgan fingerprint density at radius 1 is 1.16 bits per heavy atom. The average Bonchev–Trinajstić information content (AvgIpc) is 2.31. The quantitative estimate of drug-likeness (QED) is 0.591. The molecule has 6 heteroatoms. The van der Waals surface area contributed by atoms with Gasteiger partial charge in [-0.1, -0.05) is 20.8 Å². The lowest BCUT2D eigenvalue weighted by atomic mass is 9.97. The summed E-state index contributed by atoms with van der Waals surface area (Å²) in [6.07, 6.45) is 0.551. The Balaban J connectivity index is 3.95. The second-order valence-electron chi connectivity index (χ2n) is 5.32. The molecule has 0 bridgehead atoms. The van der Waals surface area contributed by atoms with E-state index in [1.54, 1.807) is 7.11 Å². The standard InChI is InChI=1S/C13H26N2O4/c1-9(2)5-11(12(16)17)7-15-13(18)14-6-10(3)8-19-4/h9-11H,5-8H2,1-4H3,(H,16,17)(H2,14,15,18). The van der Waals surface area contributed by atoms with Crippen molar-refractivity contribution in [3.63, 3.8) is 0 Å². The van der Waals surface area contributed by atoms with Gasteiger partial charge in [-0.15, -0.1) is 0 Å². The van der Waals surface area contributed by atoms with Crippen LogP contribution in [0.2, 0.25) is 0 Å². The van der Waals surface area contributed by atoms with Crippen molar-refractivity contribution >= 4 is 12.0 Å². The van der Waals surface area contributed by atoms with Crippen molar-refractivity contribution in [3.05, 3.63) is 0 Å². The highest BCUT2D eigenvalue weighted by atomic mass is 16.5. The lowest BCUT2D eigenvalue weighted by Gasteiger charge is -2.16. The van der Waals surface area contributed by atoms with Gasteiger partial charge in [0, 0.05) is 20.2 Å². The van der Waals surface area contributed by atoms with Gasteiger partial charge in [0.25, 0.3) is 0 Å². The summed E-state index contributed by atoms with van der Waals surface area (Å²) in [5.41, 5.74) is 0. The molecule has 6 nitrogen and oxygen atoms in total. The number of carboxylic acids is 1. The second-order valence-corrected chi connectivity index (χ2v) is 5.32. The van der Waals surface area contributed by atoms with Crippen molar-refractivity contribution in [1.29, 1.82) is 0 Å². The number of amides is 2. The summed E-state index contributed by atoms with van der Waals surface area (Å²) in [5.74, 6) is -0.904. The Labute approximate surface area is 114 Å². The van der Waals surface area contributed by atoms with Crippen molar-refractivity contribution < 1.29 is 19.4 Å². The molecule has 2 unspecified atom stereocenters. The fraction of sp³-hybridized carbons (Fsp3) is 0.846. The zero-order valence-corrected chi connectivity index (χ0v) is 12.2. The van der Waals surface area contributed by atoms with Crippen LogP contribution in [0, 0.1) is 17.8 Å². The van der Waals surface area contributed by atoms with Crippen LogP contribution in [-0.2, 0) is 9.53 Å². The minimum Gasteiger partial charge on any atom is -0.481 e. The predicted octanol–water partition coefficient (Wildman–Crippen LogP) is 1.31. The molecular formula is C13H26N2O4. The number of urea groups is 1. The number of methoxy groups -OCH3 is 1. The number of aliphatic carboxylic acids is 1. The second kappa shape index (κ2) is 9.61. The van der Waals surface area contributed by atoms with E-state index in [0.29, 0.717) is 19.6 Å². The Bertz CT molecular complexity index is 282. The zero-order valence-electron chi connectivity index (χ0n) is 12.2. The van der Waals surface area contributed by atoms with E-state index in [4.69, 9.17) is 9.84 Å². The number of hydrogen-bond acceptors (Lipinski definition) is 3. The van der Waals surface area contributed by atoms with E-state index in [1.165, 1.54) is 0 Å². The van der Waals surface area contributed by atoms with Crippen LogP contribution in [0.5, 0.6) is 0 Å². The first-order chi connectivity index (χ1) is 8.86. The van der Waals surface area contributed by atoms with Crippen LogP contribution in [0.4, 0.5) is 4.79 Å². The minimum absolute atomic E-state index is 0.151. The lowest BCUT2D eigenvalue weighted by Crippen LogP contribution is -2.42. The van der Waals surface area contributed by atoms with E-state index in [-0.39, 0.29) is 24.4 Å². The van der Waals surface area contributed by atoms with Crippen LogP contribution in [0.15, 0.2) is 0 Å². The molecule has 0 radical (unpaired) electrons. The SMILES string of the molecule is COCC(C)CNC(=O)NCC(CC(C)C)C(=O)O. The van der Waals surface area contributed by atoms with Crippen LogP contribution >= 0.6 is 0 Å². The number of rotatable bonds is 9. The highest BCUT2D eigenvalue weighted by Gasteiger charge is 2.19. The molecule has 0 rings (SSSR count). The van der Waals surface area contributed by atoms with E-state index in [9.17, 15) is 9.59 Å². The third kappa shape index (κ3) is 9.30. The molecule has 3 N–H and O–H groups in total. The summed E-state index contributed by atoms with van der Waals surface area (Å²) in [6.45, 7) is 7.11. The van der Waals surface area contributed by atoms with E-state index in [1.807, 2.05) is 20.8 Å². The van der Waals surface area contributed by atoms with Gasteiger partial charge in [-0.25, -0.2) is 4.79 Å². The summed E-state index contributed by atoms with van der Waals surface area (Å²) < 4.78 is 4.96. The molecule has 2 atom stereocenters. The summed E-state index contributed by atoms with van der Waals surface area (Å²) in [5, 5.41) is 14.3. The third-order valence-corrected chi connectivity index (χ3v) is 2.68. The normalized spacial score (nSPS) is 13.9. The smallest absolute Gasteiger partial charge is 0.314 e. The zero-order chi connectivity index (χ0) is 14.8. The highest BCUT2D eigenvalue weighted by Crippen LogP contribution is 2.10. The van der Waals surface area contributed by atoms with Crippen molar-refractivity contribution in [1.82, 2.24) is 10.6 Å². The number of carbonyl (C=O) groups excluding carboxylic acids is 1. The summed E-state index contributed by atoms with van der Waals surface area (Å²) in [4.78, 5) is 22.5. The van der Waals surface area contributed by atoms with Gasteiger partial charge in [-0.05, 0) is 18.3 Å². The minimum atomic E-state index is -0.873. The highest BCUT2D eigenvalue weighted by molar-refractivity contribution is 5.75. The van der Waals surface area contributed by atoms with Gasteiger partial charge in [0.15, 0.2) is 0 Å². The molecular weight excluding hydrogens is 248 g/mol. The molecule has 0 aromatic carbocycles. The van der Waals surface area contributed by atoms with Gasteiger partial charge in [0.05, 0.1) is 12.5 Å². The monoisotopic (exact) mass is 274 g/mol. The van der Waals surface area contributed by atoms with Crippen LogP contribution in [0.1, 0.15) is 27.2 Å². The molecule has 0 aromatic heterocycles. The Kier molecular flexibility index (Phi) is 8.95. The van der Waals surface area contributed by atoms with E-state index in [2.05, 4.69) is 10.6 Å². The fourth-order valence-electron chi connectivity index (χ4n) is 1.73. The first kappa shape index (κ1) is 17.7. The van der Waals surface area contributed by atoms with Gasteiger partial charge in [-0.2, -0.15) is 0 Å². The van der Waals surface area contributed by atoms with Crippen molar-refractivity contribution in [2.75, 3.05) is 26.8 Å². The molecule has 0 spiro atoms. The lowest BCUT2D eigenvalue weighted by molar-refractivity contribution is -0.142. The van der Waals surface area contributed by atoms with Crippen LogP contribution in [0.3, 0.4) is 0 Å². The number of carboxylic acid groups (broad SMARTS) is 1. The number of carbonyl (C=O) groups is 2. The van der Waals surface area contributed by atoms with Crippen molar-refractivity contribution in [2.24, 2.45) is 17.8 Å². The Morgan fingerprint density at radius 3 is 2.21 bits per heavy atom. The first-order valence-corrected chi connectivity index (χ1v) is 6.60. The molecule has 112 valence electrons. The molecule has 0 aromatic rings. The van der Waals surface area contributed by atoms with E-state index in [0.717, 1.165) is 0 Å². The number of hydrogen-bond donors (Lipinski definition) is 3. The van der Waals surface area contributed by atoms with Crippen molar-refractivity contribution in [2.45, 2.75) is 27.2 Å². The maximum absolute atomic E-state index is 11.5. The fourth-order valence-corrected chi connectivity index (χ4v) is 1.73. The molecule has 0 fully saturated rings. The largest absolute Gasteiger partial charge is 0.481 e. The first-order valence-electron chi connectivity index (χ1n) is 6.60. The summed E-state index contributed by atoms with van der Waals surface area (Å²) >= 11 is 0. The van der Waals surface area contributed by atoms with Crippen LogP contribution in [-0.4, -0.2) is 43.9 Å². The molecule has 0 aliphatic carbocycles. The number of nitrogens with one attached hydrogen (secondary N) is 2. The van der Waals surface area contributed by atoms with Gasteiger partial charge in [0.2, 0.25) is 0 Å². The van der Waals surface area contributed by atoms with E-state index >= 15 is 0 Å². The topological polar surface area (TPSA) is 87.7 Å². The molecule has 0 heterocycles. The molecule has 0 aliphatic rings. The van der Waals surface area contributed by atoms with Gasteiger partial charge >= 0.3 is 12.0 Å². The van der Waals surface area contributed by atoms with E-state index < -0.39 is 11.9 Å². The molecule has 0 aliphatic heterocycles. The predicted molar refractivity (Wildman–Crippen MR) is 73.0 cm³/mol. The van der Waals surface area contributed by atoms with Gasteiger partial charge in [0.1, 0.15) is 0 Å². The molecule has 2 amide bonds. The third-order valence-electron chi connectivity index (χ3n) is 2.68. The van der Waals surface area contributed by atoms with Crippen LogP contribution < -0.4 is 10.6 Å². The summed E-state index contributed by atoms with van der Waals surface area (Å²) in [6, 6.07) is -0.335.